The van der Waals surface area contributed by atoms with E-state index in [0.717, 1.165) is 17.6 Å². The number of hydrogen-bond donors (Lipinski definition) is 0. The van der Waals surface area contributed by atoms with Crippen LogP contribution in [-0.4, -0.2) is 18.7 Å². The van der Waals surface area contributed by atoms with Gasteiger partial charge in [0, 0.05) is 32.8 Å². The highest BCUT2D eigenvalue weighted by molar-refractivity contribution is 6.19. The van der Waals surface area contributed by atoms with E-state index in [1.807, 2.05) is 0 Å². The van der Waals surface area contributed by atoms with E-state index in [4.69, 9.17) is 5.10 Å². The van der Waals surface area contributed by atoms with Crippen molar-refractivity contribution in [2.24, 2.45) is 5.92 Å². The van der Waals surface area contributed by atoms with Crippen LogP contribution < -0.4 is 0 Å². The first-order valence-electron chi connectivity index (χ1n) is 14.0. The van der Waals surface area contributed by atoms with Gasteiger partial charge in [-0.2, -0.15) is 5.10 Å². The van der Waals surface area contributed by atoms with Gasteiger partial charge in [0.15, 0.2) is 0 Å². The molecule has 0 bridgehead atoms. The molecule has 0 fully saturated rings. The highest BCUT2D eigenvalue weighted by atomic mass is 15.2. The van der Waals surface area contributed by atoms with Gasteiger partial charge in [0.25, 0.3) is 0 Å². The maximum Gasteiger partial charge on any atom is 0.0738 e. The predicted molar refractivity (Wildman–Crippen MR) is 166 cm³/mol. The zero-order valence-electron chi connectivity index (χ0n) is 22.1. The van der Waals surface area contributed by atoms with Gasteiger partial charge >= 0.3 is 0 Å². The Morgan fingerprint density at radius 2 is 1.23 bits per heavy atom. The molecule has 4 heteroatoms. The summed E-state index contributed by atoms with van der Waals surface area (Å²) in [5, 5.41) is 10.0. The summed E-state index contributed by atoms with van der Waals surface area (Å²) in [5.41, 5.74) is 10.7. The number of benzene rings is 4. The monoisotopic (exact) mass is 514 g/mol. The highest BCUT2D eigenvalue weighted by Gasteiger charge is 2.20. The van der Waals surface area contributed by atoms with Crippen LogP contribution in [0.2, 0.25) is 0 Å². The van der Waals surface area contributed by atoms with E-state index in [9.17, 15) is 0 Å². The lowest BCUT2D eigenvalue weighted by atomic mass is 9.95. The van der Waals surface area contributed by atoms with Crippen molar-refractivity contribution in [3.8, 4) is 11.4 Å². The highest BCUT2D eigenvalue weighted by Crippen LogP contribution is 2.39. The summed E-state index contributed by atoms with van der Waals surface area (Å²) in [6, 6.07) is 37.4. The lowest BCUT2D eigenvalue weighted by molar-refractivity contribution is 0.692. The van der Waals surface area contributed by atoms with Gasteiger partial charge in [0.1, 0.15) is 0 Å². The molecule has 0 aliphatic heterocycles. The summed E-state index contributed by atoms with van der Waals surface area (Å²) in [4.78, 5) is 0. The molecular formula is C36H26N4. The van der Waals surface area contributed by atoms with Crippen molar-refractivity contribution >= 4 is 55.2 Å². The number of allylic oxidation sites excluding steroid dienone is 1. The molecule has 1 unspecified atom stereocenters. The number of fused-ring (bicyclic) bond motifs is 9. The van der Waals surface area contributed by atoms with E-state index in [-0.39, 0.29) is 0 Å². The number of rotatable bonds is 2. The van der Waals surface area contributed by atoms with Crippen LogP contribution in [0.4, 0.5) is 0 Å². The lowest BCUT2D eigenvalue weighted by Crippen LogP contribution is -2.02. The Hall–Kier alpha value is -5.09. The molecule has 4 heterocycles. The summed E-state index contributed by atoms with van der Waals surface area (Å²) in [6.07, 6.45) is 7.71. The average molecular weight is 515 g/mol. The van der Waals surface area contributed by atoms with Gasteiger partial charge in [0.2, 0.25) is 0 Å². The number of aromatic nitrogens is 4. The minimum absolute atomic E-state index is 0.523. The van der Waals surface area contributed by atoms with Crippen LogP contribution in [0, 0.1) is 5.92 Å². The lowest BCUT2D eigenvalue weighted by Gasteiger charge is -2.10. The number of pyridine rings is 1. The third kappa shape index (κ3) is 2.93. The van der Waals surface area contributed by atoms with Crippen molar-refractivity contribution in [1.82, 2.24) is 18.7 Å². The normalized spacial score (nSPS) is 15.2. The Balaban J connectivity index is 1.37. The zero-order valence-corrected chi connectivity index (χ0v) is 22.1. The fourth-order valence-electron chi connectivity index (χ4n) is 6.77. The Morgan fingerprint density at radius 1 is 0.600 bits per heavy atom. The molecule has 8 aromatic rings. The average Bonchev–Trinajstić information content (AvgIpc) is 3.63. The van der Waals surface area contributed by atoms with Crippen molar-refractivity contribution in [3.05, 3.63) is 127 Å². The summed E-state index contributed by atoms with van der Waals surface area (Å²) < 4.78 is 6.87. The SMILES string of the molecule is CC1C=Cc2c(nn3cc(-n4c5ccccc5c5cc6c(cc54)c4ccccc4n6-c4ccccc4)ccc23)C1. The van der Waals surface area contributed by atoms with E-state index in [2.05, 4.69) is 142 Å². The van der Waals surface area contributed by atoms with Gasteiger partial charge in [-0.3, -0.25) is 0 Å². The molecule has 0 amide bonds. The number of para-hydroxylation sites is 3. The Labute approximate surface area is 231 Å². The molecule has 0 N–H and O–H groups in total. The van der Waals surface area contributed by atoms with Gasteiger partial charge in [-0.1, -0.05) is 73.7 Å². The van der Waals surface area contributed by atoms with E-state index in [1.165, 1.54) is 60.6 Å². The van der Waals surface area contributed by atoms with Crippen LogP contribution in [0.15, 0.2) is 115 Å². The van der Waals surface area contributed by atoms with Crippen LogP contribution in [-0.2, 0) is 6.42 Å². The maximum absolute atomic E-state index is 5.01. The molecular weight excluding hydrogens is 488 g/mol. The summed E-state index contributed by atoms with van der Waals surface area (Å²) >= 11 is 0. The minimum Gasteiger partial charge on any atom is -0.309 e. The number of nitrogens with zero attached hydrogens (tertiary/aromatic N) is 4. The van der Waals surface area contributed by atoms with Gasteiger partial charge in [-0.05, 0) is 60.9 Å². The zero-order chi connectivity index (χ0) is 26.4. The van der Waals surface area contributed by atoms with Crippen LogP contribution in [0.1, 0.15) is 18.2 Å². The fourth-order valence-corrected chi connectivity index (χ4v) is 6.77. The molecule has 1 aliphatic rings. The van der Waals surface area contributed by atoms with E-state index in [1.54, 1.807) is 0 Å². The molecule has 9 rings (SSSR count). The Bertz CT molecular complexity index is 2310. The molecule has 0 spiro atoms. The first-order chi connectivity index (χ1) is 19.7. The summed E-state index contributed by atoms with van der Waals surface area (Å²) in [7, 11) is 0. The van der Waals surface area contributed by atoms with E-state index in [0.29, 0.717) is 5.92 Å². The first kappa shape index (κ1) is 21.8. The van der Waals surface area contributed by atoms with Gasteiger partial charge in [-0.25, -0.2) is 4.52 Å². The quantitative estimate of drug-likeness (QED) is 0.227. The van der Waals surface area contributed by atoms with Crippen LogP contribution in [0.25, 0.3) is 66.6 Å². The second-order valence-corrected chi connectivity index (χ2v) is 11.0. The first-order valence-corrected chi connectivity index (χ1v) is 14.0. The standard InChI is InChI=1S/C36H26N4/c1-23-15-17-28-31(19-23)37-38-22-25(16-18-32(28)38)40-34-14-8-6-12-27(34)30-20-35-29(21-36(30)40)26-11-5-7-13-33(26)39(35)24-9-3-2-4-10-24/h2-18,20-23H,19H2,1H3. The van der Waals surface area contributed by atoms with Crippen molar-refractivity contribution in [3.63, 3.8) is 0 Å². The molecule has 1 aliphatic carbocycles. The molecule has 4 aromatic heterocycles. The van der Waals surface area contributed by atoms with Crippen LogP contribution >= 0.6 is 0 Å². The molecule has 40 heavy (non-hydrogen) atoms. The Kier molecular flexibility index (Phi) is 4.34. The van der Waals surface area contributed by atoms with Crippen LogP contribution in [0.5, 0.6) is 0 Å². The van der Waals surface area contributed by atoms with E-state index < -0.39 is 0 Å². The van der Waals surface area contributed by atoms with Crippen LogP contribution in [0.3, 0.4) is 0 Å². The third-order valence-electron chi connectivity index (χ3n) is 8.57. The largest absolute Gasteiger partial charge is 0.309 e. The second-order valence-electron chi connectivity index (χ2n) is 11.0. The molecule has 4 nitrogen and oxygen atoms in total. The maximum atomic E-state index is 5.01. The van der Waals surface area contributed by atoms with Gasteiger partial charge in [-0.15, -0.1) is 0 Å². The smallest absolute Gasteiger partial charge is 0.0738 e. The van der Waals surface area contributed by atoms with Crippen molar-refractivity contribution in [1.29, 1.82) is 0 Å². The second kappa shape index (κ2) is 7.96. The van der Waals surface area contributed by atoms with Crippen molar-refractivity contribution < 1.29 is 0 Å². The summed E-state index contributed by atoms with van der Waals surface area (Å²) in [6.45, 7) is 2.25. The Morgan fingerprint density at radius 3 is 1.93 bits per heavy atom. The molecule has 0 radical (unpaired) electrons. The molecule has 190 valence electrons. The minimum atomic E-state index is 0.523. The van der Waals surface area contributed by atoms with Crippen molar-refractivity contribution in [2.75, 3.05) is 0 Å². The van der Waals surface area contributed by atoms with E-state index >= 15 is 0 Å². The third-order valence-corrected chi connectivity index (χ3v) is 8.57. The molecule has 0 saturated carbocycles. The van der Waals surface area contributed by atoms with Gasteiger partial charge in [0.05, 0.1) is 45.2 Å². The number of hydrogen-bond acceptors (Lipinski definition) is 1. The predicted octanol–water partition coefficient (Wildman–Crippen LogP) is 8.73. The topological polar surface area (TPSA) is 27.2 Å². The molecule has 0 saturated heterocycles. The molecule has 1 atom stereocenters. The molecule has 4 aromatic carbocycles. The van der Waals surface area contributed by atoms with Crippen molar-refractivity contribution in [2.45, 2.75) is 13.3 Å². The summed E-state index contributed by atoms with van der Waals surface area (Å²) in [5.74, 6) is 0.523. The van der Waals surface area contributed by atoms with Gasteiger partial charge < -0.3 is 9.13 Å². The fraction of sp³-hybridized carbons (Fsp3) is 0.0833.